The molecule has 1 aromatic heterocycles. The normalized spacial score (nSPS) is 14.2. The van der Waals surface area contributed by atoms with Crippen molar-refractivity contribution >= 4 is 5.91 Å². The number of carbonyl (C=O) groups is 1. The zero-order valence-electron chi connectivity index (χ0n) is 11.5. The van der Waals surface area contributed by atoms with Crippen LogP contribution in [0.4, 0.5) is 0 Å². The first-order chi connectivity index (χ1) is 9.11. The van der Waals surface area contributed by atoms with Crippen molar-refractivity contribution in [3.63, 3.8) is 0 Å². The summed E-state index contributed by atoms with van der Waals surface area (Å²) in [6.07, 6.45) is 2.76. The van der Waals surface area contributed by atoms with Gasteiger partial charge in [-0.15, -0.1) is 0 Å². The summed E-state index contributed by atoms with van der Waals surface area (Å²) in [6, 6.07) is 4.49. The van der Waals surface area contributed by atoms with E-state index in [0.29, 0.717) is 31.2 Å². The summed E-state index contributed by atoms with van der Waals surface area (Å²) in [5.41, 5.74) is 2.87. The average Bonchev–Trinajstić information content (AvgIpc) is 3.15. The van der Waals surface area contributed by atoms with E-state index in [1.54, 1.807) is 0 Å². The minimum absolute atomic E-state index is 0.123. The van der Waals surface area contributed by atoms with Crippen LogP contribution in [-0.2, 0) is 18.4 Å². The van der Waals surface area contributed by atoms with Crippen molar-refractivity contribution in [3.05, 3.63) is 23.0 Å². The van der Waals surface area contributed by atoms with Crippen LogP contribution < -0.4 is 10.6 Å². The third kappa shape index (κ3) is 3.58. The first-order valence-corrected chi connectivity index (χ1v) is 6.67. The molecule has 0 spiro atoms. The van der Waals surface area contributed by atoms with Crippen molar-refractivity contribution < 1.29 is 4.79 Å². The summed E-state index contributed by atoms with van der Waals surface area (Å²) < 4.78 is 1.89. The maximum Gasteiger partial charge on any atom is 0.221 e. The van der Waals surface area contributed by atoms with Crippen LogP contribution in [0, 0.1) is 18.3 Å². The second kappa shape index (κ2) is 5.89. The highest BCUT2D eigenvalue weighted by Gasteiger charge is 2.22. The molecule has 5 nitrogen and oxygen atoms in total. The lowest BCUT2D eigenvalue weighted by molar-refractivity contribution is -0.121. The molecule has 1 aliphatic rings. The molecule has 0 aromatic carbocycles. The van der Waals surface area contributed by atoms with Crippen LogP contribution in [0.2, 0.25) is 0 Å². The summed E-state index contributed by atoms with van der Waals surface area (Å²) >= 11 is 0. The van der Waals surface area contributed by atoms with Crippen LogP contribution in [-0.4, -0.2) is 23.1 Å². The number of nitrogens with one attached hydrogen (secondary N) is 2. The number of hydrogen-bond acceptors (Lipinski definition) is 3. The first-order valence-electron chi connectivity index (χ1n) is 6.67. The van der Waals surface area contributed by atoms with Crippen molar-refractivity contribution in [1.29, 1.82) is 5.26 Å². The van der Waals surface area contributed by atoms with Gasteiger partial charge in [0.15, 0.2) is 0 Å². The van der Waals surface area contributed by atoms with E-state index in [1.165, 1.54) is 0 Å². The number of rotatable bonds is 6. The van der Waals surface area contributed by atoms with E-state index in [1.807, 2.05) is 24.6 Å². The highest BCUT2D eigenvalue weighted by molar-refractivity contribution is 5.76. The second-order valence-electron chi connectivity index (χ2n) is 5.08. The molecule has 1 aliphatic carbocycles. The highest BCUT2D eigenvalue weighted by atomic mass is 16.1. The van der Waals surface area contributed by atoms with Gasteiger partial charge < -0.3 is 15.2 Å². The molecule has 0 saturated heterocycles. The van der Waals surface area contributed by atoms with Gasteiger partial charge in [-0.3, -0.25) is 4.79 Å². The van der Waals surface area contributed by atoms with Crippen LogP contribution in [0.3, 0.4) is 0 Å². The van der Waals surface area contributed by atoms with Gasteiger partial charge in [0.25, 0.3) is 0 Å². The quantitative estimate of drug-likeness (QED) is 0.749. The Balaban J connectivity index is 1.73. The van der Waals surface area contributed by atoms with Gasteiger partial charge in [-0.05, 0) is 31.4 Å². The number of nitrogens with zero attached hydrogens (tertiary/aromatic N) is 2. The Kier molecular flexibility index (Phi) is 4.23. The molecule has 2 N–H and O–H groups in total. The molecule has 1 aromatic rings. The third-order valence-corrected chi connectivity index (χ3v) is 3.54. The Morgan fingerprint density at radius 2 is 2.32 bits per heavy atom. The zero-order valence-corrected chi connectivity index (χ0v) is 11.5. The standard InChI is InChI=1S/C14H20N4O/c1-10-11(7-13(8-15)18(10)2)9-16-6-5-14(19)17-12-3-4-12/h7,12,16H,3-6,9H2,1-2H3,(H,17,19). The molecule has 0 unspecified atom stereocenters. The van der Waals surface area contributed by atoms with E-state index in [2.05, 4.69) is 16.7 Å². The molecule has 0 bridgehead atoms. The van der Waals surface area contributed by atoms with E-state index in [4.69, 9.17) is 5.26 Å². The summed E-state index contributed by atoms with van der Waals surface area (Å²) in [7, 11) is 1.89. The Morgan fingerprint density at radius 1 is 1.58 bits per heavy atom. The molecule has 1 amide bonds. The SMILES string of the molecule is Cc1c(CNCCC(=O)NC2CC2)cc(C#N)n1C. The van der Waals surface area contributed by atoms with E-state index < -0.39 is 0 Å². The smallest absolute Gasteiger partial charge is 0.221 e. The second-order valence-corrected chi connectivity index (χ2v) is 5.08. The molecular formula is C14H20N4O. The predicted molar refractivity (Wildman–Crippen MR) is 72.4 cm³/mol. The fraction of sp³-hybridized carbons (Fsp3) is 0.571. The first kappa shape index (κ1) is 13.6. The van der Waals surface area contributed by atoms with Crippen molar-refractivity contribution in [2.45, 2.75) is 38.8 Å². The number of amides is 1. The van der Waals surface area contributed by atoms with Gasteiger partial charge in [0.1, 0.15) is 11.8 Å². The Bertz CT molecular complexity index is 508. The minimum Gasteiger partial charge on any atom is -0.353 e. The van der Waals surface area contributed by atoms with E-state index in [0.717, 1.165) is 24.1 Å². The van der Waals surface area contributed by atoms with Crippen molar-refractivity contribution in [2.24, 2.45) is 7.05 Å². The number of carbonyl (C=O) groups excluding carboxylic acids is 1. The van der Waals surface area contributed by atoms with Gasteiger partial charge in [0.05, 0.1) is 0 Å². The molecule has 19 heavy (non-hydrogen) atoms. The van der Waals surface area contributed by atoms with Crippen LogP contribution in [0.5, 0.6) is 0 Å². The number of hydrogen-bond donors (Lipinski definition) is 2. The molecule has 0 aliphatic heterocycles. The summed E-state index contributed by atoms with van der Waals surface area (Å²) in [4.78, 5) is 11.5. The summed E-state index contributed by atoms with van der Waals surface area (Å²) in [6.45, 7) is 3.35. The van der Waals surface area contributed by atoms with Crippen molar-refractivity contribution in [3.8, 4) is 6.07 Å². The molecule has 1 heterocycles. The van der Waals surface area contributed by atoms with Crippen LogP contribution in [0.1, 0.15) is 36.2 Å². The van der Waals surface area contributed by atoms with Gasteiger partial charge >= 0.3 is 0 Å². The molecule has 0 atom stereocenters. The fourth-order valence-corrected chi connectivity index (χ4v) is 2.00. The van der Waals surface area contributed by atoms with Crippen molar-refractivity contribution in [1.82, 2.24) is 15.2 Å². The van der Waals surface area contributed by atoms with Gasteiger partial charge in [-0.1, -0.05) is 0 Å². The maximum atomic E-state index is 11.5. The summed E-state index contributed by atoms with van der Waals surface area (Å²) in [5.74, 6) is 0.123. The van der Waals surface area contributed by atoms with Gasteiger partial charge in [0, 0.05) is 38.3 Å². The highest BCUT2D eigenvalue weighted by Crippen LogP contribution is 2.18. The Labute approximate surface area is 113 Å². The zero-order chi connectivity index (χ0) is 13.8. The molecule has 102 valence electrons. The molecule has 0 radical (unpaired) electrons. The van der Waals surface area contributed by atoms with Gasteiger partial charge in [-0.25, -0.2) is 0 Å². The van der Waals surface area contributed by atoms with Crippen LogP contribution in [0.25, 0.3) is 0 Å². The molecule has 1 saturated carbocycles. The number of nitriles is 1. The fourth-order valence-electron chi connectivity index (χ4n) is 2.00. The topological polar surface area (TPSA) is 69.8 Å². The molecule has 5 heteroatoms. The Hall–Kier alpha value is -1.80. The van der Waals surface area contributed by atoms with E-state index >= 15 is 0 Å². The molecule has 1 fully saturated rings. The average molecular weight is 260 g/mol. The van der Waals surface area contributed by atoms with Crippen molar-refractivity contribution in [2.75, 3.05) is 6.54 Å². The lowest BCUT2D eigenvalue weighted by Gasteiger charge is -2.06. The lowest BCUT2D eigenvalue weighted by atomic mass is 10.2. The largest absolute Gasteiger partial charge is 0.353 e. The van der Waals surface area contributed by atoms with E-state index in [-0.39, 0.29) is 5.91 Å². The van der Waals surface area contributed by atoms with Gasteiger partial charge in [0.2, 0.25) is 5.91 Å². The molecule has 2 rings (SSSR count). The minimum atomic E-state index is 0.123. The monoisotopic (exact) mass is 260 g/mol. The predicted octanol–water partition coefficient (Wildman–Crippen LogP) is 0.963. The maximum absolute atomic E-state index is 11.5. The van der Waals surface area contributed by atoms with Crippen LogP contribution in [0.15, 0.2) is 6.07 Å². The summed E-state index contributed by atoms with van der Waals surface area (Å²) in [5, 5.41) is 15.2. The van der Waals surface area contributed by atoms with Gasteiger partial charge in [-0.2, -0.15) is 5.26 Å². The number of aromatic nitrogens is 1. The Morgan fingerprint density at radius 3 is 2.89 bits per heavy atom. The third-order valence-electron chi connectivity index (χ3n) is 3.54. The molecular weight excluding hydrogens is 240 g/mol. The van der Waals surface area contributed by atoms with Crippen LogP contribution >= 0.6 is 0 Å². The van der Waals surface area contributed by atoms with E-state index in [9.17, 15) is 4.79 Å². The lowest BCUT2D eigenvalue weighted by Crippen LogP contribution is -2.29.